The van der Waals surface area contributed by atoms with Crippen LogP contribution in [0.1, 0.15) is 61.6 Å². The van der Waals surface area contributed by atoms with Gasteiger partial charge in [-0.1, -0.05) is 0 Å². The predicted molar refractivity (Wildman–Crippen MR) is 164 cm³/mol. The molecule has 1 saturated carbocycles. The minimum atomic E-state index is -0.536. The summed E-state index contributed by atoms with van der Waals surface area (Å²) < 4.78 is 17.2. The number of ether oxygens (including phenoxy) is 3. The van der Waals surface area contributed by atoms with Gasteiger partial charge in [-0.3, -0.25) is 0 Å². The Balaban J connectivity index is 1.47. The van der Waals surface area contributed by atoms with Gasteiger partial charge in [0.15, 0.2) is 0 Å². The van der Waals surface area contributed by atoms with Crippen molar-refractivity contribution in [3.8, 4) is 22.6 Å². The van der Waals surface area contributed by atoms with Gasteiger partial charge in [0.25, 0.3) is 0 Å². The number of fused-ring (bicyclic) bond motifs is 3. The molecule has 218 valence electrons. The number of aliphatic hydroxyl groups excluding tert-OH is 1. The monoisotopic (exact) mass is 619 g/mol. The first-order valence-electron chi connectivity index (χ1n) is 14.7. The van der Waals surface area contributed by atoms with Crippen molar-refractivity contribution in [1.82, 2.24) is 4.90 Å². The first kappa shape index (κ1) is 29.5. The molecular formula is C34H42AsNO5. The van der Waals surface area contributed by atoms with Crippen LogP contribution >= 0.6 is 0 Å². The summed E-state index contributed by atoms with van der Waals surface area (Å²) in [4.78, 5) is 16.1. The number of aliphatic hydroxyl groups is 1. The van der Waals surface area contributed by atoms with Crippen molar-refractivity contribution in [2.75, 3.05) is 20.8 Å². The molecule has 6 nitrogen and oxygen atoms in total. The zero-order valence-electron chi connectivity index (χ0n) is 24.3. The molecule has 0 bridgehead atoms. The number of hydrogen-bond donors (Lipinski definition) is 1. The molecule has 4 atom stereocenters. The Hall–Kier alpha value is -2.95. The number of methoxy groups -OCH3 is 2. The Morgan fingerprint density at radius 3 is 2.02 bits per heavy atom. The summed E-state index contributed by atoms with van der Waals surface area (Å²) in [5.41, 5.74) is 5.69. The number of rotatable bonds is 10. The molecule has 2 aliphatic rings. The van der Waals surface area contributed by atoms with E-state index >= 15 is 0 Å². The zero-order valence-corrected chi connectivity index (χ0v) is 26.7. The molecule has 3 aromatic rings. The van der Waals surface area contributed by atoms with Crippen LogP contribution in [0.4, 0.5) is 4.79 Å². The standard InChI is InChI=1S/C34H42AsNO5/c1-22(37)32(35)33(24-11-5-4-6-12-24)36(20-23-17-25(39-2)19-26(18-23)40-3)34(38)41-21-31-29-15-9-7-13-27(29)28-14-8-10-16-30(28)31/h7-10,13-19,22,24,31-33,37H,4-6,11-12,20-21,35H2,1-3H3/t22-,32-,33?/m1/s1. The van der Waals surface area contributed by atoms with E-state index in [9.17, 15) is 9.90 Å². The Labute approximate surface area is 252 Å². The molecule has 1 fully saturated rings. The molecule has 0 heterocycles. The maximum atomic E-state index is 14.2. The molecule has 0 saturated heterocycles. The molecule has 0 aromatic heterocycles. The van der Waals surface area contributed by atoms with Crippen LogP contribution in [-0.2, 0) is 11.3 Å². The second-order valence-corrected chi connectivity index (χ2v) is 13.0. The number of benzene rings is 3. The van der Waals surface area contributed by atoms with Crippen LogP contribution in [0.3, 0.4) is 0 Å². The van der Waals surface area contributed by atoms with Gasteiger partial charge in [0.1, 0.15) is 0 Å². The van der Waals surface area contributed by atoms with Crippen molar-refractivity contribution >= 4 is 22.9 Å². The predicted octanol–water partition coefficient (Wildman–Crippen LogP) is 6.21. The SMILES string of the molecule is COc1cc(CN(C(=O)OCC2c3ccccc3-c3ccccc32)C(C2CCCCC2)[C@H]([AsH2])[C@@H](C)O)cc(OC)c1. The third kappa shape index (κ3) is 6.44. The molecule has 41 heavy (non-hydrogen) atoms. The molecule has 0 spiro atoms. The van der Waals surface area contributed by atoms with E-state index in [4.69, 9.17) is 14.2 Å². The van der Waals surface area contributed by atoms with Gasteiger partial charge in [0.05, 0.1) is 0 Å². The van der Waals surface area contributed by atoms with E-state index in [2.05, 4.69) is 36.4 Å². The molecule has 2 aliphatic carbocycles. The van der Waals surface area contributed by atoms with Crippen molar-refractivity contribution < 1.29 is 24.1 Å². The van der Waals surface area contributed by atoms with Crippen molar-refractivity contribution in [3.63, 3.8) is 0 Å². The van der Waals surface area contributed by atoms with Gasteiger partial charge in [0, 0.05) is 0 Å². The van der Waals surface area contributed by atoms with Gasteiger partial charge < -0.3 is 0 Å². The van der Waals surface area contributed by atoms with E-state index in [0.29, 0.717) is 24.0 Å². The van der Waals surface area contributed by atoms with Crippen LogP contribution in [0.5, 0.6) is 11.5 Å². The van der Waals surface area contributed by atoms with Gasteiger partial charge in [-0.15, -0.1) is 0 Å². The Morgan fingerprint density at radius 1 is 0.927 bits per heavy atom. The summed E-state index contributed by atoms with van der Waals surface area (Å²) in [6.45, 7) is 2.45. The van der Waals surface area contributed by atoms with Crippen LogP contribution in [0.2, 0.25) is 4.71 Å². The quantitative estimate of drug-likeness (QED) is 0.274. The van der Waals surface area contributed by atoms with Crippen molar-refractivity contribution in [2.24, 2.45) is 5.92 Å². The van der Waals surface area contributed by atoms with E-state index in [1.165, 1.54) is 45.5 Å². The topological polar surface area (TPSA) is 68.2 Å². The number of carbonyl (C=O) groups is 1. The summed E-state index contributed by atoms with van der Waals surface area (Å²) in [6, 6.07) is 22.4. The van der Waals surface area contributed by atoms with Gasteiger partial charge in [-0.05, 0) is 0 Å². The van der Waals surface area contributed by atoms with E-state index < -0.39 is 6.10 Å². The molecule has 3 aromatic carbocycles. The van der Waals surface area contributed by atoms with Gasteiger partial charge >= 0.3 is 253 Å². The van der Waals surface area contributed by atoms with Crippen molar-refractivity contribution in [1.29, 1.82) is 0 Å². The number of carbonyl (C=O) groups excluding carboxylic acids is 1. The first-order chi connectivity index (χ1) is 19.9. The van der Waals surface area contributed by atoms with Crippen LogP contribution < -0.4 is 9.47 Å². The number of nitrogens with zero attached hydrogens (tertiary/aromatic N) is 1. The van der Waals surface area contributed by atoms with E-state index in [1.807, 2.05) is 42.2 Å². The minimum absolute atomic E-state index is 0.0170. The molecule has 5 rings (SSSR count). The van der Waals surface area contributed by atoms with E-state index in [0.717, 1.165) is 31.2 Å². The summed E-state index contributed by atoms with van der Waals surface area (Å²) in [6.07, 6.45) is 4.73. The van der Waals surface area contributed by atoms with Gasteiger partial charge in [0.2, 0.25) is 0 Å². The summed E-state index contributed by atoms with van der Waals surface area (Å²) in [7, 11) is 3.26. The Morgan fingerprint density at radius 2 is 1.49 bits per heavy atom. The Kier molecular flexibility index (Phi) is 9.62. The second-order valence-electron chi connectivity index (χ2n) is 11.4. The molecule has 1 amide bonds. The molecule has 7 heteroatoms. The summed E-state index contributed by atoms with van der Waals surface area (Å²) in [5, 5.41) is 10.8. The summed E-state index contributed by atoms with van der Waals surface area (Å²) in [5.74, 6) is 1.64. The average molecular weight is 620 g/mol. The third-order valence-electron chi connectivity index (χ3n) is 8.78. The van der Waals surface area contributed by atoms with E-state index in [1.54, 1.807) is 14.2 Å². The summed E-state index contributed by atoms with van der Waals surface area (Å²) >= 11 is 1.48. The van der Waals surface area contributed by atoms with Crippen molar-refractivity contribution in [3.05, 3.63) is 83.4 Å². The second kappa shape index (κ2) is 13.4. The number of amides is 1. The molecule has 2 unspecified atom stereocenters. The van der Waals surface area contributed by atoms with Crippen molar-refractivity contribution in [2.45, 2.75) is 68.3 Å². The van der Waals surface area contributed by atoms with Gasteiger partial charge in [-0.2, -0.15) is 0 Å². The zero-order chi connectivity index (χ0) is 28.9. The third-order valence-corrected chi connectivity index (χ3v) is 10.8. The van der Waals surface area contributed by atoms with Crippen LogP contribution in [0.15, 0.2) is 66.7 Å². The number of hydrogen-bond acceptors (Lipinski definition) is 5. The normalized spacial score (nSPS) is 17.2. The average Bonchev–Trinajstić information content (AvgIpc) is 3.33. The van der Waals surface area contributed by atoms with Crippen LogP contribution in [0.25, 0.3) is 11.1 Å². The molecule has 0 aliphatic heterocycles. The fourth-order valence-electron chi connectivity index (χ4n) is 6.66. The van der Waals surface area contributed by atoms with Crippen LogP contribution in [0, 0.1) is 5.92 Å². The maximum absolute atomic E-state index is 14.2. The first-order valence-corrected chi connectivity index (χ1v) is 16.1. The molecule has 0 radical (unpaired) electrons. The van der Waals surface area contributed by atoms with E-state index in [-0.39, 0.29) is 29.4 Å². The van der Waals surface area contributed by atoms with Crippen LogP contribution in [-0.4, -0.2) is 65.9 Å². The molecule has 1 N–H and O–H groups in total. The molecular weight excluding hydrogens is 577 g/mol. The fourth-order valence-corrected chi connectivity index (χ4v) is 7.76. The Bertz CT molecular complexity index is 1270. The fraction of sp³-hybridized carbons (Fsp3) is 0.441. The van der Waals surface area contributed by atoms with Gasteiger partial charge in [-0.25, -0.2) is 0 Å².